The lowest BCUT2D eigenvalue weighted by Crippen LogP contribution is -2.54. The molecule has 1 amide bonds. The van der Waals surface area contributed by atoms with Gasteiger partial charge in [-0.1, -0.05) is 12.1 Å². The molecule has 4 fully saturated rings. The van der Waals surface area contributed by atoms with E-state index in [0.29, 0.717) is 17.8 Å². The van der Waals surface area contributed by atoms with Crippen LogP contribution in [-0.2, 0) is 14.8 Å². The normalized spacial score (nSPS) is 33.2. The fraction of sp³-hybridized carbons (Fsp3) is 0.588. The summed E-state index contributed by atoms with van der Waals surface area (Å²) in [5, 5.41) is 11.1. The molecule has 0 radical (unpaired) electrons. The van der Waals surface area contributed by atoms with Crippen molar-refractivity contribution < 1.29 is 18.1 Å². The fourth-order valence-corrected chi connectivity index (χ4v) is 6.76. The molecular formula is C17H20N2O5S. The number of sulfonamides is 1. The molecule has 0 aliphatic heterocycles. The third kappa shape index (κ3) is 2.72. The Kier molecular flexibility index (Phi) is 3.64. The second-order valence-corrected chi connectivity index (χ2v) is 9.51. The summed E-state index contributed by atoms with van der Waals surface area (Å²) in [6.45, 7) is 0. The van der Waals surface area contributed by atoms with Crippen LogP contribution in [0.2, 0.25) is 0 Å². The third-order valence-corrected chi connectivity index (χ3v) is 7.48. The molecule has 0 heterocycles. The molecule has 0 saturated heterocycles. The predicted octanol–water partition coefficient (Wildman–Crippen LogP) is 2.62. The average molecular weight is 364 g/mol. The van der Waals surface area contributed by atoms with Crippen molar-refractivity contribution in [2.24, 2.45) is 23.2 Å². The highest BCUT2D eigenvalue weighted by atomic mass is 32.2. The number of nitrogens with one attached hydrogen (secondary N) is 1. The molecule has 5 rings (SSSR count). The molecule has 4 aliphatic carbocycles. The van der Waals surface area contributed by atoms with Crippen molar-refractivity contribution in [3.8, 4) is 0 Å². The van der Waals surface area contributed by atoms with Gasteiger partial charge in [0.1, 0.15) is 0 Å². The molecule has 1 aromatic rings. The molecule has 1 N–H and O–H groups in total. The summed E-state index contributed by atoms with van der Waals surface area (Å²) in [6, 6.07) is 5.10. The molecule has 0 spiro atoms. The Bertz CT molecular complexity index is 813. The Morgan fingerprint density at radius 2 is 1.60 bits per heavy atom. The van der Waals surface area contributed by atoms with Crippen LogP contribution < -0.4 is 4.72 Å². The van der Waals surface area contributed by atoms with Gasteiger partial charge in [-0.05, 0) is 62.3 Å². The van der Waals surface area contributed by atoms with Gasteiger partial charge in [-0.15, -0.1) is 0 Å². The lowest BCUT2D eigenvalue weighted by atomic mass is 9.49. The molecule has 0 aromatic heterocycles. The summed E-state index contributed by atoms with van der Waals surface area (Å²) in [7, 11) is -4.27. The first-order valence-electron chi connectivity index (χ1n) is 8.60. The van der Waals surface area contributed by atoms with E-state index < -0.39 is 36.9 Å². The van der Waals surface area contributed by atoms with Gasteiger partial charge in [0.05, 0.1) is 10.3 Å². The number of amides is 1. The van der Waals surface area contributed by atoms with Crippen LogP contribution in [-0.4, -0.2) is 19.2 Å². The smallest absolute Gasteiger partial charge is 0.273 e. The first-order chi connectivity index (χ1) is 11.8. The van der Waals surface area contributed by atoms with E-state index in [1.807, 2.05) is 0 Å². The Labute approximate surface area is 146 Å². The number of carbonyl (C=O) groups excluding carboxylic acids is 1. The predicted molar refractivity (Wildman–Crippen MR) is 89.0 cm³/mol. The molecule has 1 aromatic carbocycles. The number of nitrogens with zero attached hydrogens (tertiary/aromatic N) is 1. The van der Waals surface area contributed by atoms with E-state index in [1.54, 1.807) is 0 Å². The van der Waals surface area contributed by atoms with Gasteiger partial charge in [-0.3, -0.25) is 14.9 Å². The van der Waals surface area contributed by atoms with Gasteiger partial charge in [0, 0.05) is 6.07 Å². The second-order valence-electron chi connectivity index (χ2n) is 7.86. The van der Waals surface area contributed by atoms with E-state index in [4.69, 9.17) is 0 Å². The van der Waals surface area contributed by atoms with Gasteiger partial charge in [-0.2, -0.15) is 0 Å². The zero-order valence-corrected chi connectivity index (χ0v) is 14.5. The number of nitro benzene ring substituents is 1. The number of rotatable bonds is 4. The third-order valence-electron chi connectivity index (χ3n) is 6.10. The van der Waals surface area contributed by atoms with Crippen LogP contribution in [0.5, 0.6) is 0 Å². The van der Waals surface area contributed by atoms with Crippen LogP contribution in [0.1, 0.15) is 38.5 Å². The quantitative estimate of drug-likeness (QED) is 0.653. The Balaban J connectivity index is 1.62. The molecule has 4 saturated carbocycles. The highest BCUT2D eigenvalue weighted by Gasteiger charge is 2.55. The molecule has 4 bridgehead atoms. The highest BCUT2D eigenvalue weighted by molar-refractivity contribution is 7.90. The number of hydrogen-bond acceptors (Lipinski definition) is 5. The van der Waals surface area contributed by atoms with Crippen molar-refractivity contribution in [1.82, 2.24) is 4.72 Å². The standard InChI is InChI=1S/C17H20N2O5S/c20-16(17-8-11-5-12(9-17)7-13(6-11)10-17)18-25(23,24)15-4-2-1-3-14(15)19(21)22/h1-4,11-13H,5-10H2,(H,18,20). The summed E-state index contributed by atoms with van der Waals surface area (Å²) in [5.74, 6) is 1.03. The first kappa shape index (κ1) is 16.5. The number of hydrogen-bond donors (Lipinski definition) is 1. The van der Waals surface area contributed by atoms with Gasteiger partial charge in [0.25, 0.3) is 15.7 Å². The Morgan fingerprint density at radius 3 is 2.12 bits per heavy atom. The summed E-state index contributed by atoms with van der Waals surface area (Å²) < 4.78 is 27.4. The summed E-state index contributed by atoms with van der Waals surface area (Å²) >= 11 is 0. The van der Waals surface area contributed by atoms with E-state index in [-0.39, 0.29) is 0 Å². The van der Waals surface area contributed by atoms with Crippen LogP contribution >= 0.6 is 0 Å². The minimum atomic E-state index is -4.27. The van der Waals surface area contributed by atoms with E-state index >= 15 is 0 Å². The molecule has 25 heavy (non-hydrogen) atoms. The minimum absolute atomic E-state index is 0.460. The first-order valence-corrected chi connectivity index (χ1v) is 10.1. The van der Waals surface area contributed by atoms with E-state index in [9.17, 15) is 23.3 Å². The number of benzene rings is 1. The molecule has 8 heteroatoms. The van der Waals surface area contributed by atoms with Gasteiger partial charge in [-0.25, -0.2) is 13.1 Å². The largest absolute Gasteiger partial charge is 0.289 e. The Hall–Kier alpha value is -1.96. The van der Waals surface area contributed by atoms with Gasteiger partial charge < -0.3 is 0 Å². The molecule has 134 valence electrons. The van der Waals surface area contributed by atoms with E-state index in [2.05, 4.69) is 4.72 Å². The lowest BCUT2D eigenvalue weighted by molar-refractivity contribution is -0.387. The monoisotopic (exact) mass is 364 g/mol. The highest BCUT2D eigenvalue weighted by Crippen LogP contribution is 2.60. The fourth-order valence-electron chi connectivity index (χ4n) is 5.51. The lowest BCUT2D eigenvalue weighted by Gasteiger charge is -2.55. The summed E-state index contributed by atoms with van der Waals surface area (Å²) in [6.07, 6.45) is 5.63. The van der Waals surface area contributed by atoms with Crippen LogP contribution in [0.4, 0.5) is 5.69 Å². The molecule has 7 nitrogen and oxygen atoms in total. The van der Waals surface area contributed by atoms with Crippen LogP contribution in [0.15, 0.2) is 29.2 Å². The maximum absolute atomic E-state index is 12.9. The minimum Gasteiger partial charge on any atom is -0.273 e. The average Bonchev–Trinajstić information content (AvgIpc) is 2.53. The zero-order chi connectivity index (χ0) is 17.8. The molecule has 0 unspecified atom stereocenters. The second kappa shape index (κ2) is 5.52. The van der Waals surface area contributed by atoms with Crippen LogP contribution in [0.25, 0.3) is 0 Å². The van der Waals surface area contributed by atoms with Crippen molar-refractivity contribution in [3.05, 3.63) is 34.4 Å². The van der Waals surface area contributed by atoms with Crippen molar-refractivity contribution in [2.75, 3.05) is 0 Å². The van der Waals surface area contributed by atoms with Crippen LogP contribution in [0.3, 0.4) is 0 Å². The molecule has 0 atom stereocenters. The van der Waals surface area contributed by atoms with Crippen molar-refractivity contribution in [3.63, 3.8) is 0 Å². The molecule has 4 aliphatic rings. The maximum atomic E-state index is 12.9. The maximum Gasteiger partial charge on any atom is 0.289 e. The van der Waals surface area contributed by atoms with Gasteiger partial charge >= 0.3 is 0 Å². The zero-order valence-electron chi connectivity index (χ0n) is 13.7. The SMILES string of the molecule is O=C(NS(=O)(=O)c1ccccc1[N+](=O)[O-])C12CC3CC(CC(C3)C1)C2. The summed E-state index contributed by atoms with van der Waals surface area (Å²) in [5.41, 5.74) is -1.14. The number of nitro groups is 1. The van der Waals surface area contributed by atoms with Crippen molar-refractivity contribution in [2.45, 2.75) is 43.4 Å². The molecular weight excluding hydrogens is 344 g/mol. The van der Waals surface area contributed by atoms with E-state index in [1.165, 1.54) is 12.1 Å². The Morgan fingerprint density at radius 1 is 1.08 bits per heavy atom. The van der Waals surface area contributed by atoms with E-state index in [0.717, 1.165) is 50.7 Å². The van der Waals surface area contributed by atoms with Gasteiger partial charge in [0.2, 0.25) is 5.91 Å². The van der Waals surface area contributed by atoms with Crippen molar-refractivity contribution >= 4 is 21.6 Å². The number of para-hydroxylation sites is 1. The topological polar surface area (TPSA) is 106 Å². The van der Waals surface area contributed by atoms with Crippen LogP contribution in [0, 0.1) is 33.3 Å². The van der Waals surface area contributed by atoms with Gasteiger partial charge in [0.15, 0.2) is 4.90 Å². The van der Waals surface area contributed by atoms with Crippen molar-refractivity contribution in [1.29, 1.82) is 0 Å². The summed E-state index contributed by atoms with van der Waals surface area (Å²) in [4.78, 5) is 22.8. The number of carbonyl (C=O) groups is 1.